The van der Waals surface area contributed by atoms with Gasteiger partial charge in [0.2, 0.25) is 0 Å². The lowest BCUT2D eigenvalue weighted by atomic mass is 9.98. The lowest BCUT2D eigenvalue weighted by Gasteiger charge is -2.30. The summed E-state index contributed by atoms with van der Waals surface area (Å²) in [5.41, 5.74) is 0.880. The van der Waals surface area contributed by atoms with Gasteiger partial charge in [-0.1, -0.05) is 25.1 Å². The summed E-state index contributed by atoms with van der Waals surface area (Å²) in [6.45, 7) is 4.08. The molecule has 0 radical (unpaired) electrons. The highest BCUT2D eigenvalue weighted by molar-refractivity contribution is 7.17. The third-order valence-corrected chi connectivity index (χ3v) is 4.75. The van der Waals surface area contributed by atoms with Crippen molar-refractivity contribution in [2.75, 3.05) is 13.1 Å². The van der Waals surface area contributed by atoms with Crippen LogP contribution < -0.4 is 0 Å². The maximum absolute atomic E-state index is 12.5. The summed E-state index contributed by atoms with van der Waals surface area (Å²) >= 11 is 1.66. The number of benzene rings is 1. The van der Waals surface area contributed by atoms with Gasteiger partial charge in [-0.25, -0.2) is 0 Å². The van der Waals surface area contributed by atoms with E-state index in [-0.39, 0.29) is 5.91 Å². The van der Waals surface area contributed by atoms with E-state index >= 15 is 0 Å². The van der Waals surface area contributed by atoms with Crippen LogP contribution in [0.25, 0.3) is 10.1 Å². The number of fused-ring (bicyclic) bond motifs is 1. The lowest BCUT2D eigenvalue weighted by molar-refractivity contribution is 0.0699. The lowest BCUT2D eigenvalue weighted by Crippen LogP contribution is -2.37. The highest BCUT2D eigenvalue weighted by Gasteiger charge is 2.23. The molecule has 0 unspecified atom stereocenters. The molecule has 0 N–H and O–H groups in total. The summed E-state index contributed by atoms with van der Waals surface area (Å²) in [6.07, 6.45) is 2.27. The van der Waals surface area contributed by atoms with Crippen molar-refractivity contribution in [1.29, 1.82) is 0 Å². The monoisotopic (exact) mass is 259 g/mol. The Kier molecular flexibility index (Phi) is 3.08. The van der Waals surface area contributed by atoms with Gasteiger partial charge in [-0.15, -0.1) is 11.3 Å². The molecule has 18 heavy (non-hydrogen) atoms. The smallest absolute Gasteiger partial charge is 0.255 e. The van der Waals surface area contributed by atoms with E-state index in [0.717, 1.165) is 42.8 Å². The fraction of sp³-hybridized carbons (Fsp3) is 0.400. The Hall–Kier alpha value is -1.35. The van der Waals surface area contributed by atoms with Crippen molar-refractivity contribution in [2.45, 2.75) is 19.8 Å². The van der Waals surface area contributed by atoms with Crippen molar-refractivity contribution >= 4 is 27.3 Å². The van der Waals surface area contributed by atoms with Crippen molar-refractivity contribution in [3.63, 3.8) is 0 Å². The normalized spacial score (nSPS) is 17.3. The van der Waals surface area contributed by atoms with Crippen LogP contribution in [0.1, 0.15) is 30.1 Å². The predicted octanol–water partition coefficient (Wildman–Crippen LogP) is 3.77. The van der Waals surface area contributed by atoms with Crippen molar-refractivity contribution in [2.24, 2.45) is 5.92 Å². The van der Waals surface area contributed by atoms with Gasteiger partial charge in [0.25, 0.3) is 5.91 Å². The fourth-order valence-electron chi connectivity index (χ4n) is 2.53. The molecule has 3 rings (SSSR count). The average Bonchev–Trinajstić information content (AvgIpc) is 2.82. The standard InChI is InChI=1S/C15H17NOS/c1-11-6-8-16(9-7-11)15(17)13-10-18-14-5-3-2-4-12(13)14/h2-5,10-11H,6-9H2,1H3. The highest BCUT2D eigenvalue weighted by Crippen LogP contribution is 2.28. The van der Waals surface area contributed by atoms with Crippen molar-refractivity contribution in [3.05, 3.63) is 35.2 Å². The first-order chi connectivity index (χ1) is 8.75. The van der Waals surface area contributed by atoms with E-state index in [1.54, 1.807) is 11.3 Å². The predicted molar refractivity (Wildman–Crippen MR) is 76.1 cm³/mol. The number of carbonyl (C=O) groups is 1. The molecule has 0 spiro atoms. The van der Waals surface area contributed by atoms with Gasteiger partial charge in [0.15, 0.2) is 0 Å². The molecule has 0 atom stereocenters. The quantitative estimate of drug-likeness (QED) is 0.763. The summed E-state index contributed by atoms with van der Waals surface area (Å²) in [7, 11) is 0. The van der Waals surface area contributed by atoms with E-state index in [4.69, 9.17) is 0 Å². The molecule has 1 aromatic heterocycles. The highest BCUT2D eigenvalue weighted by atomic mass is 32.1. The van der Waals surface area contributed by atoms with Crippen LogP contribution >= 0.6 is 11.3 Å². The van der Waals surface area contributed by atoms with Gasteiger partial charge < -0.3 is 4.90 Å². The molecule has 1 amide bonds. The number of likely N-dealkylation sites (tertiary alicyclic amines) is 1. The van der Waals surface area contributed by atoms with E-state index in [0.29, 0.717) is 0 Å². The molecule has 1 saturated heterocycles. The Morgan fingerprint density at radius 3 is 2.78 bits per heavy atom. The van der Waals surface area contributed by atoms with Gasteiger partial charge in [-0.2, -0.15) is 0 Å². The number of hydrogen-bond donors (Lipinski definition) is 0. The second kappa shape index (κ2) is 4.73. The second-order valence-corrected chi connectivity index (χ2v) is 6.03. The van der Waals surface area contributed by atoms with Crippen molar-refractivity contribution in [3.8, 4) is 0 Å². The zero-order valence-electron chi connectivity index (χ0n) is 10.6. The molecule has 2 nitrogen and oxygen atoms in total. The minimum atomic E-state index is 0.208. The number of amides is 1. The Morgan fingerprint density at radius 2 is 2.00 bits per heavy atom. The van der Waals surface area contributed by atoms with Crippen LogP contribution in [-0.2, 0) is 0 Å². The third kappa shape index (κ3) is 2.03. The summed E-state index contributed by atoms with van der Waals surface area (Å²) < 4.78 is 1.20. The zero-order chi connectivity index (χ0) is 12.5. The Bertz CT molecular complexity index is 567. The van der Waals surface area contributed by atoms with E-state index in [1.165, 1.54) is 4.70 Å². The molecule has 1 aliphatic rings. The van der Waals surface area contributed by atoms with Crippen LogP contribution in [0, 0.1) is 5.92 Å². The SMILES string of the molecule is CC1CCN(C(=O)c2csc3ccccc23)CC1. The number of rotatable bonds is 1. The second-order valence-electron chi connectivity index (χ2n) is 5.12. The number of hydrogen-bond acceptors (Lipinski definition) is 2. The van der Waals surface area contributed by atoms with Gasteiger partial charge in [0.05, 0.1) is 5.56 Å². The summed E-state index contributed by atoms with van der Waals surface area (Å²) in [6, 6.07) is 8.15. The van der Waals surface area contributed by atoms with Crippen molar-refractivity contribution < 1.29 is 4.79 Å². The number of piperidine rings is 1. The largest absolute Gasteiger partial charge is 0.339 e. The van der Waals surface area contributed by atoms with Crippen LogP contribution in [0.5, 0.6) is 0 Å². The molecule has 3 heteroatoms. The topological polar surface area (TPSA) is 20.3 Å². The molecule has 2 heterocycles. The number of thiophene rings is 1. The van der Waals surface area contributed by atoms with E-state index in [2.05, 4.69) is 13.0 Å². The van der Waals surface area contributed by atoms with Crippen LogP contribution in [0.4, 0.5) is 0 Å². The summed E-state index contributed by atoms with van der Waals surface area (Å²) in [5.74, 6) is 0.965. The van der Waals surface area contributed by atoms with Gasteiger partial charge in [0, 0.05) is 28.6 Å². The van der Waals surface area contributed by atoms with Gasteiger partial charge in [0.1, 0.15) is 0 Å². The minimum absolute atomic E-state index is 0.208. The van der Waals surface area contributed by atoms with E-state index in [9.17, 15) is 4.79 Å². The van der Waals surface area contributed by atoms with Crippen LogP contribution in [0.3, 0.4) is 0 Å². The molecular weight excluding hydrogens is 242 g/mol. The van der Waals surface area contributed by atoms with Gasteiger partial charge in [-0.05, 0) is 24.8 Å². The van der Waals surface area contributed by atoms with E-state index in [1.807, 2.05) is 28.5 Å². The van der Waals surface area contributed by atoms with Crippen molar-refractivity contribution in [1.82, 2.24) is 4.90 Å². The Labute approximate surface area is 111 Å². The molecule has 0 aliphatic carbocycles. The summed E-state index contributed by atoms with van der Waals surface area (Å²) in [4.78, 5) is 14.5. The molecule has 2 aromatic rings. The first-order valence-electron chi connectivity index (χ1n) is 6.51. The third-order valence-electron chi connectivity index (χ3n) is 3.78. The molecule has 1 aliphatic heterocycles. The summed E-state index contributed by atoms with van der Waals surface area (Å²) in [5, 5.41) is 3.11. The van der Waals surface area contributed by atoms with Gasteiger partial charge in [-0.3, -0.25) is 4.79 Å². The molecule has 1 fully saturated rings. The molecule has 0 bridgehead atoms. The Balaban J connectivity index is 1.88. The molecule has 1 aromatic carbocycles. The van der Waals surface area contributed by atoms with Gasteiger partial charge >= 0.3 is 0 Å². The fourth-order valence-corrected chi connectivity index (χ4v) is 3.46. The molecular formula is C15H17NOS. The maximum Gasteiger partial charge on any atom is 0.255 e. The van der Waals surface area contributed by atoms with Crippen LogP contribution in [-0.4, -0.2) is 23.9 Å². The number of carbonyl (C=O) groups excluding carboxylic acids is 1. The molecule has 0 saturated carbocycles. The van der Waals surface area contributed by atoms with Crippen LogP contribution in [0.15, 0.2) is 29.6 Å². The first-order valence-corrected chi connectivity index (χ1v) is 7.39. The van der Waals surface area contributed by atoms with E-state index < -0.39 is 0 Å². The maximum atomic E-state index is 12.5. The first kappa shape index (κ1) is 11.7. The number of nitrogens with zero attached hydrogens (tertiary/aromatic N) is 1. The zero-order valence-corrected chi connectivity index (χ0v) is 11.4. The Morgan fingerprint density at radius 1 is 1.28 bits per heavy atom. The molecule has 94 valence electrons. The van der Waals surface area contributed by atoms with Crippen LogP contribution in [0.2, 0.25) is 0 Å². The average molecular weight is 259 g/mol. The minimum Gasteiger partial charge on any atom is -0.339 e.